The maximum atomic E-state index is 13.2. The van der Waals surface area contributed by atoms with E-state index in [2.05, 4.69) is 10.0 Å². The zero-order valence-corrected chi connectivity index (χ0v) is 20.1. The van der Waals surface area contributed by atoms with Crippen molar-refractivity contribution in [3.05, 3.63) is 95.6 Å². The molecule has 0 saturated carbocycles. The monoisotopic (exact) mass is 466 g/mol. The molecule has 0 heterocycles. The molecule has 33 heavy (non-hydrogen) atoms. The van der Waals surface area contributed by atoms with Crippen LogP contribution < -0.4 is 14.8 Å². The van der Waals surface area contributed by atoms with Crippen molar-refractivity contribution in [3.63, 3.8) is 0 Å². The summed E-state index contributed by atoms with van der Waals surface area (Å²) in [4.78, 5) is 13.1. The number of ether oxygens (including phenoxy) is 1. The summed E-state index contributed by atoms with van der Waals surface area (Å²) in [6.45, 7) is 5.49. The fraction of sp³-hybridized carbons (Fsp3) is 0.269. The molecule has 2 N–H and O–H groups in total. The molecule has 1 amide bonds. The van der Waals surface area contributed by atoms with Crippen LogP contribution >= 0.6 is 0 Å². The van der Waals surface area contributed by atoms with Crippen LogP contribution in [0.1, 0.15) is 49.4 Å². The first-order chi connectivity index (χ1) is 15.7. The molecule has 3 rings (SSSR count). The van der Waals surface area contributed by atoms with E-state index in [1.165, 1.54) is 14.0 Å². The Morgan fingerprint density at radius 1 is 0.818 bits per heavy atom. The van der Waals surface area contributed by atoms with Crippen LogP contribution in [0.5, 0.6) is 5.75 Å². The second-order valence-electron chi connectivity index (χ2n) is 8.17. The van der Waals surface area contributed by atoms with E-state index in [-0.39, 0.29) is 16.6 Å². The average Bonchev–Trinajstić information content (AvgIpc) is 2.82. The van der Waals surface area contributed by atoms with E-state index in [1.807, 2.05) is 80.6 Å². The van der Waals surface area contributed by atoms with Crippen LogP contribution in [0, 0.1) is 0 Å². The number of hydrogen-bond donors (Lipinski definition) is 2. The zero-order valence-electron chi connectivity index (χ0n) is 19.3. The van der Waals surface area contributed by atoms with Gasteiger partial charge in [-0.25, -0.2) is 8.42 Å². The summed E-state index contributed by atoms with van der Waals surface area (Å²) in [5.74, 6) is -0.0655. The molecule has 0 fully saturated rings. The summed E-state index contributed by atoms with van der Waals surface area (Å²) < 4.78 is 34.1. The maximum absolute atomic E-state index is 13.2. The SMILES string of the molecule is COc1ccc(C(C)C)cc1S(=O)(=O)NC(C)C(=O)NC(c1ccccc1)c1ccccc1. The summed E-state index contributed by atoms with van der Waals surface area (Å²) in [5.41, 5.74) is 2.67. The van der Waals surface area contributed by atoms with E-state index in [1.54, 1.807) is 12.1 Å². The van der Waals surface area contributed by atoms with E-state index in [4.69, 9.17) is 4.74 Å². The lowest BCUT2D eigenvalue weighted by Crippen LogP contribution is -2.46. The molecule has 0 radical (unpaired) electrons. The molecule has 174 valence electrons. The second kappa shape index (κ2) is 10.6. The van der Waals surface area contributed by atoms with Gasteiger partial charge in [0.2, 0.25) is 15.9 Å². The standard InChI is InChI=1S/C26H30N2O4S/c1-18(2)22-15-16-23(32-4)24(17-22)33(30,31)28-19(3)26(29)27-25(20-11-7-5-8-12-20)21-13-9-6-10-14-21/h5-19,25,28H,1-4H3,(H,27,29). The summed E-state index contributed by atoms with van der Waals surface area (Å²) >= 11 is 0. The molecule has 0 aliphatic heterocycles. The minimum Gasteiger partial charge on any atom is -0.495 e. The highest BCUT2D eigenvalue weighted by Gasteiger charge is 2.27. The third kappa shape index (κ3) is 6.00. The minimum absolute atomic E-state index is 0.0125. The Morgan fingerprint density at radius 2 is 1.36 bits per heavy atom. The zero-order chi connectivity index (χ0) is 24.0. The van der Waals surface area contributed by atoms with E-state index < -0.39 is 28.0 Å². The highest BCUT2D eigenvalue weighted by molar-refractivity contribution is 7.89. The van der Waals surface area contributed by atoms with Crippen molar-refractivity contribution >= 4 is 15.9 Å². The Bertz CT molecular complexity index is 1140. The third-order valence-electron chi connectivity index (χ3n) is 5.42. The van der Waals surface area contributed by atoms with Crippen molar-refractivity contribution < 1.29 is 17.9 Å². The predicted molar refractivity (Wildman–Crippen MR) is 130 cm³/mol. The van der Waals surface area contributed by atoms with Crippen LogP contribution in [-0.2, 0) is 14.8 Å². The van der Waals surface area contributed by atoms with Crippen LogP contribution in [0.4, 0.5) is 0 Å². The Labute approximate surface area is 196 Å². The molecule has 0 aromatic heterocycles. The quantitative estimate of drug-likeness (QED) is 0.490. The number of carbonyl (C=O) groups excluding carboxylic acids is 1. The van der Waals surface area contributed by atoms with Gasteiger partial charge in [0.25, 0.3) is 0 Å². The first kappa shape index (κ1) is 24.5. The molecule has 7 heteroatoms. The molecule has 0 aliphatic carbocycles. The van der Waals surface area contributed by atoms with E-state index >= 15 is 0 Å². The summed E-state index contributed by atoms with van der Waals surface area (Å²) in [7, 11) is -2.58. The van der Waals surface area contributed by atoms with Gasteiger partial charge in [-0.2, -0.15) is 4.72 Å². The smallest absolute Gasteiger partial charge is 0.244 e. The van der Waals surface area contributed by atoms with Crippen LogP contribution in [0.25, 0.3) is 0 Å². The van der Waals surface area contributed by atoms with Crippen molar-refractivity contribution in [2.45, 2.75) is 43.7 Å². The van der Waals surface area contributed by atoms with Gasteiger partial charge in [-0.3, -0.25) is 4.79 Å². The number of sulfonamides is 1. The van der Waals surface area contributed by atoms with Gasteiger partial charge in [0.05, 0.1) is 19.2 Å². The Hall–Kier alpha value is -3.16. The number of carbonyl (C=O) groups is 1. The van der Waals surface area contributed by atoms with Crippen molar-refractivity contribution in [3.8, 4) is 5.75 Å². The lowest BCUT2D eigenvalue weighted by Gasteiger charge is -2.23. The number of hydrogen-bond acceptors (Lipinski definition) is 4. The molecular formula is C26H30N2O4S. The predicted octanol–water partition coefficient (Wildman–Crippen LogP) is 4.39. The van der Waals surface area contributed by atoms with Gasteiger partial charge >= 0.3 is 0 Å². The summed E-state index contributed by atoms with van der Waals surface area (Å²) in [6, 6.07) is 22.8. The number of methoxy groups -OCH3 is 1. The fourth-order valence-electron chi connectivity index (χ4n) is 3.53. The second-order valence-corrected chi connectivity index (χ2v) is 9.85. The van der Waals surface area contributed by atoms with Gasteiger partial charge in [-0.05, 0) is 41.7 Å². The third-order valence-corrected chi connectivity index (χ3v) is 6.98. The number of amides is 1. The topological polar surface area (TPSA) is 84.5 Å². The highest BCUT2D eigenvalue weighted by Crippen LogP contribution is 2.28. The molecule has 6 nitrogen and oxygen atoms in total. The largest absolute Gasteiger partial charge is 0.495 e. The normalized spacial score (nSPS) is 12.5. The fourth-order valence-corrected chi connectivity index (χ4v) is 4.94. The van der Waals surface area contributed by atoms with Gasteiger partial charge in [0.15, 0.2) is 0 Å². The van der Waals surface area contributed by atoms with E-state index in [0.717, 1.165) is 16.7 Å². The first-order valence-corrected chi connectivity index (χ1v) is 12.3. The minimum atomic E-state index is -4.00. The van der Waals surface area contributed by atoms with Crippen molar-refractivity contribution in [1.29, 1.82) is 0 Å². The average molecular weight is 467 g/mol. The number of rotatable bonds is 9. The molecule has 0 bridgehead atoms. The van der Waals surface area contributed by atoms with E-state index in [0.29, 0.717) is 0 Å². The highest BCUT2D eigenvalue weighted by atomic mass is 32.2. The van der Waals surface area contributed by atoms with Crippen molar-refractivity contribution in [1.82, 2.24) is 10.0 Å². The molecule has 0 saturated heterocycles. The van der Waals surface area contributed by atoms with Crippen LogP contribution in [0.3, 0.4) is 0 Å². The summed E-state index contributed by atoms with van der Waals surface area (Å²) in [5, 5.41) is 2.98. The molecule has 1 unspecified atom stereocenters. The van der Waals surface area contributed by atoms with Gasteiger partial charge in [0, 0.05) is 0 Å². The molecular weight excluding hydrogens is 436 g/mol. The molecule has 3 aromatic carbocycles. The van der Waals surface area contributed by atoms with Crippen LogP contribution in [0.2, 0.25) is 0 Å². The van der Waals surface area contributed by atoms with E-state index in [9.17, 15) is 13.2 Å². The lowest BCUT2D eigenvalue weighted by atomic mass is 9.98. The van der Waals surface area contributed by atoms with Crippen molar-refractivity contribution in [2.24, 2.45) is 0 Å². The van der Waals surface area contributed by atoms with Crippen LogP contribution in [-0.4, -0.2) is 27.5 Å². The summed E-state index contributed by atoms with van der Waals surface area (Å²) in [6.07, 6.45) is 0. The molecule has 3 aromatic rings. The molecule has 1 atom stereocenters. The van der Waals surface area contributed by atoms with Gasteiger partial charge in [-0.15, -0.1) is 0 Å². The number of benzene rings is 3. The van der Waals surface area contributed by atoms with Gasteiger partial charge in [0.1, 0.15) is 10.6 Å². The molecule has 0 aliphatic rings. The molecule has 0 spiro atoms. The van der Waals surface area contributed by atoms with Crippen LogP contribution in [0.15, 0.2) is 83.8 Å². The first-order valence-electron chi connectivity index (χ1n) is 10.8. The Kier molecular flexibility index (Phi) is 7.89. The van der Waals surface area contributed by atoms with Crippen molar-refractivity contribution in [2.75, 3.05) is 7.11 Å². The maximum Gasteiger partial charge on any atom is 0.244 e. The Balaban J connectivity index is 1.84. The van der Waals surface area contributed by atoms with Gasteiger partial charge < -0.3 is 10.1 Å². The lowest BCUT2D eigenvalue weighted by molar-refractivity contribution is -0.122. The number of nitrogens with one attached hydrogen (secondary N) is 2. The van der Waals surface area contributed by atoms with Gasteiger partial charge in [-0.1, -0.05) is 80.6 Å². The Morgan fingerprint density at radius 3 is 1.85 bits per heavy atom.